The molecule has 0 spiro atoms. The first kappa shape index (κ1) is 16.7. The number of hydrogen-bond donors (Lipinski definition) is 1. The summed E-state index contributed by atoms with van der Waals surface area (Å²) >= 11 is 0. The van der Waals surface area contributed by atoms with Crippen molar-refractivity contribution in [1.82, 2.24) is 5.32 Å². The smallest absolute Gasteiger partial charge is 0.405 e. The van der Waals surface area contributed by atoms with Gasteiger partial charge in [0.05, 0.1) is 6.61 Å². The van der Waals surface area contributed by atoms with Crippen molar-refractivity contribution in [2.24, 2.45) is 5.41 Å². The Hall–Kier alpha value is -1.31. The second-order valence-electron chi connectivity index (χ2n) is 4.63. The van der Waals surface area contributed by atoms with Gasteiger partial charge in [-0.1, -0.05) is 0 Å². The third-order valence-corrected chi connectivity index (χ3v) is 3.29. The molecule has 1 aliphatic rings. The largest absolute Gasteiger partial charge is 0.463 e. The third kappa shape index (κ3) is 3.41. The van der Waals surface area contributed by atoms with Crippen LogP contribution >= 0.6 is 0 Å². The first-order chi connectivity index (χ1) is 9.24. The lowest BCUT2D eigenvalue weighted by molar-refractivity contribution is -0.243. The minimum absolute atomic E-state index is 0.0645. The van der Waals surface area contributed by atoms with Crippen LogP contribution in [0.4, 0.5) is 13.2 Å². The third-order valence-electron chi connectivity index (χ3n) is 3.29. The van der Waals surface area contributed by atoms with E-state index in [0.29, 0.717) is 0 Å². The standard InChI is InChI=1S/C12H18F3NO4/c1-3-19-9(17)8(2)20-10(18)11(12(13,14)15)4-6-16-7-5-11/h8,16H,3-7H2,1-2H3. The number of piperidine rings is 1. The SMILES string of the molecule is CCOC(=O)C(C)OC(=O)C1(C(F)(F)F)CCNCC1. The van der Waals surface area contributed by atoms with Crippen LogP contribution in [-0.2, 0) is 19.1 Å². The number of alkyl halides is 3. The lowest BCUT2D eigenvalue weighted by Crippen LogP contribution is -2.53. The van der Waals surface area contributed by atoms with Crippen LogP contribution in [0, 0.1) is 5.41 Å². The van der Waals surface area contributed by atoms with Gasteiger partial charge in [-0.25, -0.2) is 4.79 Å². The van der Waals surface area contributed by atoms with E-state index in [4.69, 9.17) is 0 Å². The van der Waals surface area contributed by atoms with Crippen LogP contribution < -0.4 is 5.32 Å². The van der Waals surface area contributed by atoms with E-state index >= 15 is 0 Å². The summed E-state index contributed by atoms with van der Waals surface area (Å²) in [5, 5.41) is 2.76. The highest BCUT2D eigenvalue weighted by Gasteiger charge is 2.61. The van der Waals surface area contributed by atoms with Gasteiger partial charge in [0.25, 0.3) is 0 Å². The van der Waals surface area contributed by atoms with E-state index in [0.717, 1.165) is 0 Å². The zero-order valence-corrected chi connectivity index (χ0v) is 11.4. The number of halogens is 3. The molecular weight excluding hydrogens is 279 g/mol. The van der Waals surface area contributed by atoms with E-state index in [9.17, 15) is 22.8 Å². The summed E-state index contributed by atoms with van der Waals surface area (Å²) in [6, 6.07) is 0. The molecule has 0 aromatic heterocycles. The highest BCUT2D eigenvalue weighted by molar-refractivity contribution is 5.82. The molecule has 0 aromatic rings. The molecule has 8 heteroatoms. The summed E-state index contributed by atoms with van der Waals surface area (Å²) in [7, 11) is 0. The predicted octanol–water partition coefficient (Wildman–Crippen LogP) is 1.41. The van der Waals surface area contributed by atoms with Gasteiger partial charge in [0.2, 0.25) is 0 Å². The molecule has 1 fully saturated rings. The Morgan fingerprint density at radius 1 is 1.30 bits per heavy atom. The maximum absolute atomic E-state index is 13.2. The second-order valence-corrected chi connectivity index (χ2v) is 4.63. The lowest BCUT2D eigenvalue weighted by atomic mass is 9.78. The van der Waals surface area contributed by atoms with Crippen LogP contribution in [0.5, 0.6) is 0 Å². The second kappa shape index (κ2) is 6.43. The molecule has 0 amide bonds. The molecule has 0 saturated carbocycles. The molecule has 0 bridgehead atoms. The van der Waals surface area contributed by atoms with Gasteiger partial charge in [0.1, 0.15) is 0 Å². The van der Waals surface area contributed by atoms with Gasteiger partial charge >= 0.3 is 18.1 Å². The molecular formula is C12H18F3NO4. The van der Waals surface area contributed by atoms with E-state index < -0.39 is 42.5 Å². The monoisotopic (exact) mass is 297 g/mol. The quantitative estimate of drug-likeness (QED) is 0.795. The van der Waals surface area contributed by atoms with Crippen molar-refractivity contribution >= 4 is 11.9 Å². The number of rotatable bonds is 4. The van der Waals surface area contributed by atoms with E-state index in [1.165, 1.54) is 6.92 Å². The highest BCUT2D eigenvalue weighted by Crippen LogP contribution is 2.46. The zero-order valence-electron chi connectivity index (χ0n) is 11.4. The van der Waals surface area contributed by atoms with Gasteiger partial charge in [-0.15, -0.1) is 0 Å². The van der Waals surface area contributed by atoms with Crippen molar-refractivity contribution in [3.63, 3.8) is 0 Å². The summed E-state index contributed by atoms with van der Waals surface area (Å²) in [4.78, 5) is 23.2. The fraction of sp³-hybridized carbons (Fsp3) is 0.833. The molecule has 1 aliphatic heterocycles. The number of hydrogen-bond acceptors (Lipinski definition) is 5. The van der Waals surface area contributed by atoms with Crippen molar-refractivity contribution in [3.8, 4) is 0 Å². The van der Waals surface area contributed by atoms with Gasteiger partial charge in [0.15, 0.2) is 11.5 Å². The maximum Gasteiger partial charge on any atom is 0.405 e. The van der Waals surface area contributed by atoms with Crippen molar-refractivity contribution in [3.05, 3.63) is 0 Å². The van der Waals surface area contributed by atoms with Crippen LogP contribution in [0.25, 0.3) is 0 Å². The molecule has 1 saturated heterocycles. The summed E-state index contributed by atoms with van der Waals surface area (Å²) < 4.78 is 48.9. The number of ether oxygens (including phenoxy) is 2. The molecule has 1 atom stereocenters. The van der Waals surface area contributed by atoms with Gasteiger partial charge in [-0.05, 0) is 39.8 Å². The van der Waals surface area contributed by atoms with E-state index in [-0.39, 0.29) is 19.7 Å². The summed E-state index contributed by atoms with van der Waals surface area (Å²) in [5.41, 5.74) is -2.54. The Labute approximate surface area is 114 Å². The Morgan fingerprint density at radius 2 is 1.85 bits per heavy atom. The van der Waals surface area contributed by atoms with Crippen molar-refractivity contribution in [2.75, 3.05) is 19.7 Å². The van der Waals surface area contributed by atoms with Crippen LogP contribution in [0.15, 0.2) is 0 Å². The van der Waals surface area contributed by atoms with Crippen LogP contribution in [0.2, 0.25) is 0 Å². The van der Waals surface area contributed by atoms with E-state index in [1.54, 1.807) is 6.92 Å². The van der Waals surface area contributed by atoms with Crippen LogP contribution in [-0.4, -0.2) is 43.9 Å². The first-order valence-corrected chi connectivity index (χ1v) is 6.40. The van der Waals surface area contributed by atoms with Gasteiger partial charge in [-0.3, -0.25) is 4.79 Å². The molecule has 5 nitrogen and oxygen atoms in total. The van der Waals surface area contributed by atoms with Crippen LogP contribution in [0.1, 0.15) is 26.7 Å². The average Bonchev–Trinajstić information content (AvgIpc) is 2.38. The fourth-order valence-corrected chi connectivity index (χ4v) is 2.04. The fourth-order valence-electron chi connectivity index (χ4n) is 2.04. The minimum atomic E-state index is -4.71. The van der Waals surface area contributed by atoms with Crippen LogP contribution in [0.3, 0.4) is 0 Å². The van der Waals surface area contributed by atoms with Gasteiger partial charge in [-0.2, -0.15) is 13.2 Å². The summed E-state index contributed by atoms with van der Waals surface area (Å²) in [6.45, 7) is 2.96. The Kier molecular flexibility index (Phi) is 5.38. The Balaban J connectivity index is 2.82. The molecule has 1 rings (SSSR count). The number of nitrogens with one attached hydrogen (secondary N) is 1. The predicted molar refractivity (Wildman–Crippen MR) is 62.8 cm³/mol. The lowest BCUT2D eigenvalue weighted by Gasteiger charge is -2.37. The van der Waals surface area contributed by atoms with Gasteiger partial charge < -0.3 is 14.8 Å². The Morgan fingerprint density at radius 3 is 2.30 bits per heavy atom. The van der Waals surface area contributed by atoms with Gasteiger partial charge in [0, 0.05) is 0 Å². The maximum atomic E-state index is 13.2. The normalized spacial score (nSPS) is 20.1. The molecule has 0 radical (unpaired) electrons. The number of esters is 2. The summed E-state index contributed by atoms with van der Waals surface area (Å²) in [5.74, 6) is -2.26. The molecule has 1 heterocycles. The summed E-state index contributed by atoms with van der Waals surface area (Å²) in [6.07, 6.45) is -6.85. The molecule has 0 aromatic carbocycles. The molecule has 116 valence electrons. The number of carbonyl (C=O) groups excluding carboxylic acids is 2. The Bertz CT molecular complexity index is 364. The topological polar surface area (TPSA) is 64.6 Å². The minimum Gasteiger partial charge on any atom is -0.463 e. The highest BCUT2D eigenvalue weighted by atomic mass is 19.4. The van der Waals surface area contributed by atoms with E-state index in [2.05, 4.69) is 14.8 Å². The average molecular weight is 297 g/mol. The van der Waals surface area contributed by atoms with Crippen molar-refractivity contribution in [1.29, 1.82) is 0 Å². The van der Waals surface area contributed by atoms with Crippen molar-refractivity contribution < 1.29 is 32.2 Å². The molecule has 1 N–H and O–H groups in total. The molecule has 20 heavy (non-hydrogen) atoms. The van der Waals surface area contributed by atoms with Crippen molar-refractivity contribution in [2.45, 2.75) is 39.0 Å². The molecule has 1 unspecified atom stereocenters. The number of carbonyl (C=O) groups is 2. The first-order valence-electron chi connectivity index (χ1n) is 6.40. The van der Waals surface area contributed by atoms with E-state index in [1.807, 2.05) is 0 Å². The molecule has 0 aliphatic carbocycles. The zero-order chi connectivity index (χ0) is 15.4.